The maximum absolute atomic E-state index is 13.9. The summed E-state index contributed by atoms with van der Waals surface area (Å²) in [5.74, 6) is -1.51. The summed E-state index contributed by atoms with van der Waals surface area (Å²) in [4.78, 5) is 38.4. The number of hydroxylamine groups is 1. The number of aromatic amines is 1. The summed E-state index contributed by atoms with van der Waals surface area (Å²) >= 11 is 0. The molecule has 3 aromatic rings. The number of anilines is 1. The predicted molar refractivity (Wildman–Crippen MR) is 163 cm³/mol. The van der Waals surface area contributed by atoms with Gasteiger partial charge in [-0.15, -0.1) is 0 Å². The Morgan fingerprint density at radius 2 is 1.74 bits per heavy atom. The van der Waals surface area contributed by atoms with Gasteiger partial charge in [-0.25, -0.2) is 18.2 Å². The maximum Gasteiger partial charge on any atom is 0.345 e. The topological polar surface area (TPSA) is 175 Å². The molecule has 1 aliphatic heterocycles. The van der Waals surface area contributed by atoms with E-state index in [4.69, 9.17) is 4.84 Å². The van der Waals surface area contributed by atoms with Crippen molar-refractivity contribution in [3.63, 3.8) is 0 Å². The Labute approximate surface area is 252 Å². The largest absolute Gasteiger partial charge is 0.478 e. The number of nitrogens with one attached hydrogen (secondary N) is 5. The first-order chi connectivity index (χ1) is 20.4. The summed E-state index contributed by atoms with van der Waals surface area (Å²) in [5.41, 5.74) is 4.83. The molecule has 232 valence electrons. The lowest BCUT2D eigenvalue weighted by atomic mass is 10.0. The zero-order chi connectivity index (χ0) is 31.2. The molecule has 4 rings (SSSR count). The van der Waals surface area contributed by atoms with Gasteiger partial charge in [0, 0.05) is 12.2 Å². The second-order valence-electron chi connectivity index (χ2n) is 11.0. The molecule has 1 fully saturated rings. The number of carboxylic acid groups (broad SMARTS) is 1. The number of hydrogen-bond acceptors (Lipinski definition) is 8. The van der Waals surface area contributed by atoms with Gasteiger partial charge < -0.3 is 25.6 Å². The minimum Gasteiger partial charge on any atom is -0.478 e. The first-order valence-electron chi connectivity index (χ1n) is 14.3. The van der Waals surface area contributed by atoms with Crippen LogP contribution in [0.15, 0.2) is 47.4 Å². The Hall–Kier alpha value is -3.78. The molecule has 2 unspecified atom stereocenters. The SMILES string of the molecule is Cc1cc(-c2ccccc2)cc(C)c1S(=O)(=O)NC(CCCCCNc1nc(C)c(C)[nH]1)(NC(=O)C1CCON1)C(=O)O. The molecule has 2 atom stereocenters. The number of aryl methyl sites for hydroxylation is 4. The number of aliphatic carboxylic acids is 1. The third-order valence-corrected chi connectivity index (χ3v) is 9.34. The van der Waals surface area contributed by atoms with Crippen LogP contribution in [-0.4, -0.2) is 60.2 Å². The molecule has 0 radical (unpaired) electrons. The number of amides is 1. The number of carbonyl (C=O) groups excluding carboxylic acids is 1. The van der Waals surface area contributed by atoms with Gasteiger partial charge >= 0.3 is 5.97 Å². The van der Waals surface area contributed by atoms with Gasteiger partial charge in [0.25, 0.3) is 0 Å². The second-order valence-corrected chi connectivity index (χ2v) is 12.6. The van der Waals surface area contributed by atoms with Gasteiger partial charge in [0.1, 0.15) is 6.04 Å². The van der Waals surface area contributed by atoms with E-state index in [-0.39, 0.29) is 17.9 Å². The molecular weight excluding hydrogens is 572 g/mol. The summed E-state index contributed by atoms with van der Waals surface area (Å²) < 4.78 is 30.1. The molecule has 12 nitrogen and oxygen atoms in total. The molecule has 2 aromatic carbocycles. The average molecular weight is 613 g/mol. The molecule has 13 heteroatoms. The fourth-order valence-electron chi connectivity index (χ4n) is 5.20. The van der Waals surface area contributed by atoms with Crippen molar-refractivity contribution < 1.29 is 28.0 Å². The number of carbonyl (C=O) groups is 2. The van der Waals surface area contributed by atoms with Crippen molar-refractivity contribution in [1.29, 1.82) is 0 Å². The molecule has 1 saturated heterocycles. The highest BCUT2D eigenvalue weighted by Gasteiger charge is 2.45. The van der Waals surface area contributed by atoms with Crippen molar-refractivity contribution >= 4 is 27.8 Å². The molecule has 43 heavy (non-hydrogen) atoms. The maximum atomic E-state index is 13.9. The van der Waals surface area contributed by atoms with Crippen molar-refractivity contribution in [2.45, 2.75) is 76.4 Å². The molecule has 0 spiro atoms. The molecule has 1 amide bonds. The standard InChI is InChI=1S/C30H40N6O6S/c1-19-17-24(23-11-7-5-8-12-23)18-20(2)26(19)43(40,41)36-30(28(38)39,34-27(37)25-13-16-42-35-25)14-9-6-10-15-31-29-32-21(3)22(4)33-29/h5,7-8,11-12,17-18,25,35-36H,6,9-10,13-16H2,1-4H3,(H,34,37)(H,38,39)(H2,31,32,33). The van der Waals surface area contributed by atoms with Crippen LogP contribution in [0, 0.1) is 27.7 Å². The Balaban J connectivity index is 1.54. The lowest BCUT2D eigenvalue weighted by Gasteiger charge is -2.32. The Bertz CT molecular complexity index is 1510. The number of nitrogens with zero attached hydrogens (tertiary/aromatic N) is 1. The predicted octanol–water partition coefficient (Wildman–Crippen LogP) is 3.45. The zero-order valence-electron chi connectivity index (χ0n) is 24.9. The number of aromatic nitrogens is 2. The third-order valence-electron chi connectivity index (χ3n) is 7.55. The first-order valence-corrected chi connectivity index (χ1v) is 15.8. The van der Waals surface area contributed by atoms with Gasteiger partial charge in [0.15, 0.2) is 0 Å². The van der Waals surface area contributed by atoms with E-state index in [1.807, 2.05) is 44.2 Å². The van der Waals surface area contributed by atoms with Crippen LogP contribution in [0.4, 0.5) is 5.95 Å². The van der Waals surface area contributed by atoms with E-state index in [1.54, 1.807) is 26.0 Å². The molecule has 1 aliphatic rings. The van der Waals surface area contributed by atoms with E-state index < -0.39 is 33.6 Å². The van der Waals surface area contributed by atoms with Gasteiger partial charge in [0.05, 0.1) is 17.2 Å². The molecule has 0 bridgehead atoms. The Kier molecular flexibility index (Phi) is 10.2. The van der Waals surface area contributed by atoms with E-state index in [1.165, 1.54) is 0 Å². The monoisotopic (exact) mass is 612 g/mol. The second kappa shape index (κ2) is 13.7. The third kappa shape index (κ3) is 7.79. The minimum atomic E-state index is -4.40. The van der Waals surface area contributed by atoms with Crippen LogP contribution in [0.3, 0.4) is 0 Å². The number of imidazole rings is 1. The summed E-state index contributed by atoms with van der Waals surface area (Å²) in [7, 11) is -4.40. The number of carboxylic acids is 1. The van der Waals surface area contributed by atoms with Gasteiger partial charge in [-0.3, -0.25) is 4.79 Å². The van der Waals surface area contributed by atoms with Crippen LogP contribution in [0.25, 0.3) is 11.1 Å². The summed E-state index contributed by atoms with van der Waals surface area (Å²) in [6.45, 7) is 8.04. The number of rotatable bonds is 14. The van der Waals surface area contributed by atoms with E-state index in [0.29, 0.717) is 49.3 Å². The molecule has 1 aromatic heterocycles. The van der Waals surface area contributed by atoms with Crippen molar-refractivity contribution in [3.05, 3.63) is 65.0 Å². The highest BCUT2D eigenvalue weighted by atomic mass is 32.2. The molecule has 6 N–H and O–H groups in total. The van der Waals surface area contributed by atoms with Crippen LogP contribution in [0.5, 0.6) is 0 Å². The van der Waals surface area contributed by atoms with Gasteiger partial charge in [-0.05, 0) is 75.6 Å². The van der Waals surface area contributed by atoms with Crippen molar-refractivity contribution in [2.75, 3.05) is 18.5 Å². The van der Waals surface area contributed by atoms with Crippen LogP contribution < -0.4 is 20.8 Å². The minimum absolute atomic E-state index is 0.0254. The number of H-pyrrole nitrogens is 1. The lowest BCUT2D eigenvalue weighted by molar-refractivity contribution is -0.149. The van der Waals surface area contributed by atoms with E-state index in [2.05, 4.69) is 30.8 Å². The molecule has 2 heterocycles. The van der Waals surface area contributed by atoms with Gasteiger partial charge in [0.2, 0.25) is 27.5 Å². The smallest absolute Gasteiger partial charge is 0.345 e. The summed E-state index contributed by atoms with van der Waals surface area (Å²) in [5, 5.41) is 16.1. The van der Waals surface area contributed by atoms with Crippen LogP contribution in [0.1, 0.15) is 54.6 Å². The normalized spacial score (nSPS) is 16.5. The zero-order valence-corrected chi connectivity index (χ0v) is 25.7. The van der Waals surface area contributed by atoms with Crippen molar-refractivity contribution in [2.24, 2.45) is 0 Å². The Morgan fingerprint density at radius 3 is 2.33 bits per heavy atom. The Morgan fingerprint density at radius 1 is 1.05 bits per heavy atom. The van der Waals surface area contributed by atoms with Gasteiger partial charge in [-0.2, -0.15) is 10.2 Å². The highest BCUT2D eigenvalue weighted by Crippen LogP contribution is 2.29. The van der Waals surface area contributed by atoms with Crippen molar-refractivity contribution in [1.82, 2.24) is 25.5 Å². The van der Waals surface area contributed by atoms with Gasteiger partial charge in [-0.1, -0.05) is 48.9 Å². The quantitative estimate of drug-likeness (QED) is 0.118. The number of benzene rings is 2. The van der Waals surface area contributed by atoms with Crippen molar-refractivity contribution in [3.8, 4) is 11.1 Å². The van der Waals surface area contributed by atoms with E-state index in [0.717, 1.165) is 22.5 Å². The highest BCUT2D eigenvalue weighted by molar-refractivity contribution is 7.89. The van der Waals surface area contributed by atoms with Crippen LogP contribution >= 0.6 is 0 Å². The number of unbranched alkanes of at least 4 members (excludes halogenated alkanes) is 2. The summed E-state index contributed by atoms with van der Waals surface area (Å²) in [6.07, 6.45) is 1.73. The fraction of sp³-hybridized carbons (Fsp3) is 0.433. The fourth-order valence-corrected chi connectivity index (χ4v) is 6.97. The lowest BCUT2D eigenvalue weighted by Crippen LogP contribution is -2.67. The van der Waals surface area contributed by atoms with E-state index >= 15 is 0 Å². The molecule has 0 aliphatic carbocycles. The van der Waals surface area contributed by atoms with Crippen LogP contribution in [-0.2, 0) is 24.4 Å². The molecule has 0 saturated carbocycles. The molecular formula is C30H40N6O6S. The first kappa shape index (κ1) is 32.1. The van der Waals surface area contributed by atoms with E-state index in [9.17, 15) is 23.1 Å². The number of sulfonamides is 1. The van der Waals surface area contributed by atoms with Crippen LogP contribution in [0.2, 0.25) is 0 Å². The average Bonchev–Trinajstić information content (AvgIpc) is 3.60. The summed E-state index contributed by atoms with van der Waals surface area (Å²) in [6, 6.07) is 12.3. The number of hydrogen-bond donors (Lipinski definition) is 6.